The van der Waals surface area contributed by atoms with Gasteiger partial charge in [0, 0.05) is 108 Å². The van der Waals surface area contributed by atoms with Crippen molar-refractivity contribution < 1.29 is 37.2 Å². The Hall–Kier alpha value is -14.7. The number of pyridine rings is 4. The summed E-state index contributed by atoms with van der Waals surface area (Å²) in [5, 5.41) is 0. The van der Waals surface area contributed by atoms with E-state index < -0.39 is 0 Å². The number of para-hydroxylation sites is 4. The maximum atomic E-state index is 6.84. The number of aromatic nitrogens is 12. The van der Waals surface area contributed by atoms with Gasteiger partial charge in [-0.05, 0) is 155 Å². The van der Waals surface area contributed by atoms with Gasteiger partial charge in [-0.15, -0.1) is 0 Å². The van der Waals surface area contributed by atoms with Crippen molar-refractivity contribution in [2.24, 2.45) is 28.2 Å². The summed E-state index contributed by atoms with van der Waals surface area (Å²) in [5.74, 6) is 12.9. The molecule has 24 rings (SSSR count). The molecule has 744 valence electrons. The van der Waals surface area contributed by atoms with Crippen LogP contribution in [0.4, 0.5) is 68.8 Å². The van der Waals surface area contributed by atoms with Gasteiger partial charge in [-0.25, -0.2) is 38.2 Å². The normalized spacial score (nSPS) is 14.1. The highest BCUT2D eigenvalue weighted by Gasteiger charge is 2.58. The first-order valence-electron chi connectivity index (χ1n) is 52.2. The monoisotopic (exact) mass is 1960 g/mol. The molecule has 0 saturated heterocycles. The number of rotatable bonds is 4. The Labute approximate surface area is 875 Å². The second-order valence-corrected chi connectivity index (χ2v) is 49.4. The summed E-state index contributed by atoms with van der Waals surface area (Å²) in [5.41, 5.74) is 31.5. The summed E-state index contributed by atoms with van der Waals surface area (Å²) < 4.78 is 35.4. The van der Waals surface area contributed by atoms with Crippen LogP contribution in [0.5, 0.6) is 46.5 Å². The van der Waals surface area contributed by atoms with E-state index in [0.29, 0.717) is 23.5 Å². The zero-order valence-corrected chi connectivity index (χ0v) is 92.2. The number of benzene rings is 8. The first kappa shape index (κ1) is 99.3. The first-order chi connectivity index (χ1) is 69.9. The van der Waals surface area contributed by atoms with Gasteiger partial charge in [0.2, 0.25) is 23.5 Å². The summed E-state index contributed by atoms with van der Waals surface area (Å²) in [6.07, 6.45) is 8.73. The predicted molar refractivity (Wildman–Crippen MR) is 605 cm³/mol. The van der Waals surface area contributed by atoms with Crippen molar-refractivity contribution in [1.82, 2.24) is 39.9 Å². The molecule has 16 heterocycles. The van der Waals surface area contributed by atoms with Crippen LogP contribution in [0.15, 0.2) is 243 Å². The van der Waals surface area contributed by atoms with Crippen LogP contribution in [0.1, 0.15) is 234 Å². The van der Waals surface area contributed by atoms with E-state index in [4.69, 9.17) is 58.8 Å². The Morgan fingerprint density at radius 3 is 0.818 bits per heavy atom. The molecule has 148 heavy (non-hydrogen) atoms. The Bertz CT molecular complexity index is 8080. The van der Waals surface area contributed by atoms with Crippen LogP contribution in [0.3, 0.4) is 0 Å². The number of ether oxygens (including phenoxy) is 4. The highest BCUT2D eigenvalue weighted by Crippen LogP contribution is 2.51. The van der Waals surface area contributed by atoms with Crippen LogP contribution in [-0.4, -0.2) is 66.7 Å². The van der Waals surface area contributed by atoms with Gasteiger partial charge >= 0.3 is 26.9 Å². The van der Waals surface area contributed by atoms with Crippen LogP contribution in [0.2, 0.25) is 0 Å². The molecule has 0 fully saturated rings. The van der Waals surface area contributed by atoms with Crippen molar-refractivity contribution in [3.05, 3.63) is 311 Å². The minimum atomic E-state index is -0.257. The van der Waals surface area contributed by atoms with E-state index in [0.717, 1.165) is 137 Å². The van der Waals surface area contributed by atoms with Crippen LogP contribution in [-0.2, 0) is 71.5 Å². The molecule has 24 heteroatoms. The minimum absolute atomic E-state index is 0.0301. The molecule has 0 spiro atoms. The molecule has 20 nitrogen and oxygen atoms in total. The maximum absolute atomic E-state index is 6.84. The van der Waals surface area contributed by atoms with Crippen molar-refractivity contribution in [1.29, 1.82) is 0 Å². The van der Waals surface area contributed by atoms with Gasteiger partial charge in [0.15, 0.2) is 58.7 Å². The molecule has 0 N–H and O–H groups in total. The summed E-state index contributed by atoms with van der Waals surface area (Å²) in [6.45, 7) is 61.7. The number of anilines is 12. The van der Waals surface area contributed by atoms with E-state index in [9.17, 15) is 0 Å². The average molecular weight is 1960 g/mol. The van der Waals surface area contributed by atoms with Crippen LogP contribution in [0.25, 0.3) is 0 Å². The molecule has 0 bridgehead atoms. The fourth-order valence-electron chi connectivity index (χ4n) is 22.6. The summed E-state index contributed by atoms with van der Waals surface area (Å²) >= 11 is 0. The second kappa shape index (κ2) is 35.6. The molecule has 0 saturated carbocycles. The Morgan fingerprint density at radius 2 is 0.473 bits per heavy atom. The highest BCUT2D eigenvalue weighted by molar-refractivity contribution is 7.01. The number of fused-ring (bicyclic) bond motifs is 16. The maximum Gasteiger partial charge on any atom is 0.347 e. The van der Waals surface area contributed by atoms with E-state index >= 15 is 0 Å². The summed E-state index contributed by atoms with van der Waals surface area (Å²) in [7, 11) is 8.53. The number of aryl methyl sites for hydroxylation is 8. The minimum Gasteiger partial charge on any atom is -0.440 e. The smallest absolute Gasteiger partial charge is 0.347 e. The van der Waals surface area contributed by atoms with Crippen molar-refractivity contribution in [3.63, 3.8) is 0 Å². The molecule has 8 aromatic heterocycles. The van der Waals surface area contributed by atoms with Gasteiger partial charge in [0.05, 0.1) is 5.46 Å². The molecule has 0 aliphatic carbocycles. The molecule has 8 aliphatic rings. The molecule has 16 aromatic rings. The second-order valence-electron chi connectivity index (χ2n) is 49.4. The molecule has 8 aromatic carbocycles. The molecular formula is C124H136B4N16O4+4. The van der Waals surface area contributed by atoms with Crippen molar-refractivity contribution in [2.75, 3.05) is 19.6 Å². The standard InChI is InChI=1S/C37H39BN5.2C31H34BN4O.C25H29BN3O2/c1-24-16-15-21-28-29(24)38-30-33(42(28)25-17-11-9-12-18-25)39-35(37(5,6)7)40-34(30)43(26-19-13-10-14-20-26)31-27(36(2,3)4)22-23-41(8)32(31)38;1-19-13-12-16-22-23(19)32-24-27(33-29(31(5,6)7)34-28(24)37-22)36(20-14-10-9-11-15-20)25-21(30(2,3)4)17-18-35(8)26(25)32;1-19-13-12-16-22-23(19)32-24-27(36(22)20-14-10-9-11-15-20)33-29(31(5,6)7)34-28(24)37-25-21(30(2,3)4)17-18-35(8)26(25)32;1-14-10-9-11-16-17(14)26-18-21(30-16)27-23(25(5,6)7)28-22(18)31-19-15(24(2,3)4)12-13-29(8)20(19)26/h9-23H,1-8H3;2*9-18H,1-8H3;9-13H,1-8H3/q4*+1. The summed E-state index contributed by atoms with van der Waals surface area (Å²) in [6, 6.07) is 77.1. The molecular weight excluding hydrogens is 1820 g/mol. The fraction of sp³-hybridized carbons (Fsp3) is 0.323. The van der Waals surface area contributed by atoms with E-state index in [1.165, 1.54) is 89.1 Å². The van der Waals surface area contributed by atoms with E-state index in [1.54, 1.807) is 0 Å². The van der Waals surface area contributed by atoms with Gasteiger partial charge in [0.25, 0.3) is 0 Å². The van der Waals surface area contributed by atoms with Gasteiger partial charge < -0.3 is 18.9 Å². The lowest BCUT2D eigenvalue weighted by molar-refractivity contribution is -0.654. The number of hydrogen-bond donors (Lipinski definition) is 0. The van der Waals surface area contributed by atoms with E-state index in [-0.39, 0.29) is 70.2 Å². The zero-order valence-electron chi connectivity index (χ0n) is 92.2. The van der Waals surface area contributed by atoms with Gasteiger partial charge in [0.1, 0.15) is 97.6 Å². The van der Waals surface area contributed by atoms with Gasteiger partial charge in [-0.1, -0.05) is 310 Å². The third-order valence-electron chi connectivity index (χ3n) is 30.0. The third kappa shape index (κ3) is 16.7. The largest absolute Gasteiger partial charge is 0.440 e. The quantitative estimate of drug-likeness (QED) is 0.120. The molecule has 0 radical (unpaired) electrons. The molecule has 0 atom stereocenters. The lowest BCUT2D eigenvalue weighted by atomic mass is 9.34. The topological polar surface area (TPSA) is 169 Å². The van der Waals surface area contributed by atoms with Crippen LogP contribution < -0.4 is 123 Å². The Balaban J connectivity index is 0.000000116. The lowest BCUT2D eigenvalue weighted by Gasteiger charge is -2.43. The van der Waals surface area contributed by atoms with Gasteiger partial charge in [-0.2, -0.15) is 19.9 Å². The number of hydrogen-bond acceptors (Lipinski definition) is 16. The lowest BCUT2D eigenvalue weighted by Crippen LogP contribution is -2.71. The molecule has 0 amide bonds. The average Bonchev–Trinajstić information content (AvgIpc) is 0.690. The predicted octanol–water partition coefficient (Wildman–Crippen LogP) is 18.4. The zero-order chi connectivity index (χ0) is 105. The fourth-order valence-corrected chi connectivity index (χ4v) is 22.6. The third-order valence-corrected chi connectivity index (χ3v) is 30.0. The van der Waals surface area contributed by atoms with Crippen LogP contribution >= 0.6 is 0 Å². The van der Waals surface area contributed by atoms with E-state index in [2.05, 4.69) is 491 Å². The van der Waals surface area contributed by atoms with Crippen molar-refractivity contribution in [2.45, 2.75) is 237 Å². The van der Waals surface area contributed by atoms with Crippen LogP contribution in [0, 0.1) is 27.7 Å². The van der Waals surface area contributed by atoms with Gasteiger partial charge in [-0.3, -0.25) is 19.6 Å². The SMILES string of the molecule is Cc1cccc2c1B1c3c(nc(C(C)(C)C)nc3N(c3ccccc3)c3c(C(C)(C)C)cc[n+](C)c31)N2c1ccccc1.Cc1cccc2c1B1c3c(nc(C(C)(C)C)nc3N(c3ccccc3)c3c(C(C)(C)C)cc[n+](C)c31)O2.Cc1cccc2c1B1c3c(nc(C(C)(C)C)nc3N2c2ccccc2)Oc2c(C(C)(C)C)cc[n+](C)c21.Cc1cccc2c1B1c3c(nc(C(C)(C)C)nc3Oc3c(C(C)(C)C)cc[n+](C)c31)O2. The number of nitrogens with zero attached hydrogens (tertiary/aromatic N) is 16. The van der Waals surface area contributed by atoms with E-state index in [1.807, 2.05) is 12.1 Å². The van der Waals surface area contributed by atoms with Crippen molar-refractivity contribution in [3.8, 4) is 46.5 Å². The Kier molecular flexibility index (Phi) is 23.9. The first-order valence-corrected chi connectivity index (χ1v) is 52.2. The molecule has 0 unspecified atom stereocenters. The van der Waals surface area contributed by atoms with Crippen molar-refractivity contribution >= 4 is 162 Å². The Morgan fingerprint density at radius 1 is 0.223 bits per heavy atom. The molecule has 8 aliphatic heterocycles. The highest BCUT2D eigenvalue weighted by atomic mass is 16.5. The summed E-state index contributed by atoms with van der Waals surface area (Å²) in [4.78, 5) is 50.8.